The summed E-state index contributed by atoms with van der Waals surface area (Å²) in [7, 11) is 0. The molecule has 0 aliphatic carbocycles. The zero-order chi connectivity index (χ0) is 11.2. The largest absolute Gasteiger partial charge is 0.430 e. The highest BCUT2D eigenvalue weighted by Crippen LogP contribution is 2.14. The third-order valence-electron chi connectivity index (χ3n) is 1.92. The molecule has 2 nitrogen and oxygen atoms in total. The topological polar surface area (TPSA) is 21.6 Å². The summed E-state index contributed by atoms with van der Waals surface area (Å²) in [4.78, 5) is 4.11. The van der Waals surface area contributed by atoms with Gasteiger partial charge in [-0.1, -0.05) is 36.4 Å². The van der Waals surface area contributed by atoms with E-state index in [2.05, 4.69) is 4.99 Å². The highest BCUT2D eigenvalue weighted by atomic mass is 35.5. The highest BCUT2D eigenvalue weighted by Gasteiger charge is 1.97. The molecule has 3 heteroatoms. The van der Waals surface area contributed by atoms with Gasteiger partial charge < -0.3 is 4.74 Å². The van der Waals surface area contributed by atoms with Crippen LogP contribution in [-0.4, -0.2) is 5.36 Å². The van der Waals surface area contributed by atoms with E-state index in [1.54, 1.807) is 0 Å². The number of hydrogen-bond acceptors (Lipinski definition) is 2. The smallest absolute Gasteiger partial charge is 0.292 e. The summed E-state index contributed by atoms with van der Waals surface area (Å²) in [5.74, 6) is 0.673. The van der Waals surface area contributed by atoms with Crippen LogP contribution in [0.5, 0.6) is 5.75 Å². The minimum atomic E-state index is 0.109. The van der Waals surface area contributed by atoms with Crippen LogP contribution in [0.2, 0.25) is 0 Å². The second kappa shape index (κ2) is 5.33. The van der Waals surface area contributed by atoms with Crippen molar-refractivity contribution in [1.82, 2.24) is 0 Å². The lowest BCUT2D eigenvalue weighted by Gasteiger charge is -2.01. The van der Waals surface area contributed by atoms with Crippen LogP contribution in [-0.2, 0) is 0 Å². The zero-order valence-electron chi connectivity index (χ0n) is 8.51. The summed E-state index contributed by atoms with van der Waals surface area (Å²) in [6.07, 6.45) is 0. The Morgan fingerprint density at radius 3 is 2.06 bits per heavy atom. The number of benzene rings is 2. The first-order valence-corrected chi connectivity index (χ1v) is 5.24. The van der Waals surface area contributed by atoms with Gasteiger partial charge in [0.15, 0.2) is 0 Å². The lowest BCUT2D eigenvalue weighted by Crippen LogP contribution is -1.98. The summed E-state index contributed by atoms with van der Waals surface area (Å²) < 4.78 is 5.33. The highest BCUT2D eigenvalue weighted by molar-refractivity contribution is 6.63. The standard InChI is InChI=1S/C13H10ClNO/c14-13(15-11-7-3-1-4-8-11)16-12-9-5-2-6-10-12/h1-10H. The first kappa shape index (κ1) is 10.7. The van der Waals surface area contributed by atoms with Crippen molar-refractivity contribution in [2.45, 2.75) is 0 Å². The van der Waals surface area contributed by atoms with Gasteiger partial charge in [0.05, 0.1) is 5.69 Å². The van der Waals surface area contributed by atoms with Gasteiger partial charge in [-0.05, 0) is 35.9 Å². The van der Waals surface area contributed by atoms with Crippen molar-refractivity contribution in [3.63, 3.8) is 0 Å². The summed E-state index contributed by atoms with van der Waals surface area (Å²) in [6.45, 7) is 0. The number of aliphatic imine (C=N–C) groups is 1. The molecule has 0 unspecified atom stereocenters. The molecule has 80 valence electrons. The number of nitrogens with zero attached hydrogens (tertiary/aromatic N) is 1. The van der Waals surface area contributed by atoms with Crippen molar-refractivity contribution in [3.8, 4) is 5.75 Å². The third kappa shape index (κ3) is 3.11. The average molecular weight is 232 g/mol. The summed E-state index contributed by atoms with van der Waals surface area (Å²) in [6, 6.07) is 18.7. The van der Waals surface area contributed by atoms with E-state index in [0.29, 0.717) is 5.75 Å². The fraction of sp³-hybridized carbons (Fsp3) is 0. The Labute approximate surface area is 99.2 Å². The third-order valence-corrected chi connectivity index (χ3v) is 2.08. The maximum absolute atomic E-state index is 5.88. The first-order chi connectivity index (χ1) is 7.84. The molecule has 0 radical (unpaired) electrons. The van der Waals surface area contributed by atoms with E-state index >= 15 is 0 Å². The maximum atomic E-state index is 5.88. The fourth-order valence-corrected chi connectivity index (χ4v) is 1.40. The predicted octanol–water partition coefficient (Wildman–Crippen LogP) is 3.99. The monoisotopic (exact) mass is 231 g/mol. The number of halogens is 1. The molecule has 2 aromatic carbocycles. The summed E-state index contributed by atoms with van der Waals surface area (Å²) in [5, 5.41) is 0.109. The normalized spacial score (nSPS) is 11.2. The van der Waals surface area contributed by atoms with Crippen LogP contribution in [0, 0.1) is 0 Å². The predicted molar refractivity (Wildman–Crippen MR) is 66.5 cm³/mol. The SMILES string of the molecule is ClC(=Nc1ccccc1)Oc1ccccc1. The minimum Gasteiger partial charge on any atom is -0.430 e. The lowest BCUT2D eigenvalue weighted by atomic mass is 10.3. The van der Waals surface area contributed by atoms with Crippen molar-refractivity contribution < 1.29 is 4.74 Å². The van der Waals surface area contributed by atoms with Gasteiger partial charge in [0.1, 0.15) is 5.75 Å². The molecule has 16 heavy (non-hydrogen) atoms. The molecule has 0 N–H and O–H groups in total. The quantitative estimate of drug-likeness (QED) is 0.566. The average Bonchev–Trinajstić information content (AvgIpc) is 2.31. The van der Waals surface area contributed by atoms with E-state index < -0.39 is 0 Å². The minimum absolute atomic E-state index is 0.109. The van der Waals surface area contributed by atoms with Crippen LogP contribution in [0.25, 0.3) is 0 Å². The van der Waals surface area contributed by atoms with Gasteiger partial charge in [-0.25, -0.2) is 4.99 Å². The molecule has 0 fully saturated rings. The second-order valence-corrected chi connectivity index (χ2v) is 3.44. The summed E-state index contributed by atoms with van der Waals surface area (Å²) >= 11 is 5.88. The second-order valence-electron chi connectivity index (χ2n) is 3.12. The molecule has 2 aromatic rings. The Bertz CT molecular complexity index is 468. The Kier molecular flexibility index (Phi) is 3.57. The van der Waals surface area contributed by atoms with Crippen molar-refractivity contribution in [1.29, 1.82) is 0 Å². The maximum Gasteiger partial charge on any atom is 0.292 e. The van der Waals surface area contributed by atoms with Gasteiger partial charge in [-0.2, -0.15) is 0 Å². The van der Waals surface area contributed by atoms with Gasteiger partial charge >= 0.3 is 0 Å². The van der Waals surface area contributed by atoms with Crippen LogP contribution in [0.1, 0.15) is 0 Å². The summed E-state index contributed by atoms with van der Waals surface area (Å²) in [5.41, 5.74) is 0.767. The van der Waals surface area contributed by atoms with E-state index in [9.17, 15) is 0 Å². The van der Waals surface area contributed by atoms with Crippen molar-refractivity contribution >= 4 is 22.6 Å². The molecule has 0 aromatic heterocycles. The molecule has 0 spiro atoms. The number of ether oxygens (including phenoxy) is 1. The van der Waals surface area contributed by atoms with E-state index in [4.69, 9.17) is 16.3 Å². The van der Waals surface area contributed by atoms with Crippen LogP contribution in [0.4, 0.5) is 5.69 Å². The Hall–Kier alpha value is -1.80. The lowest BCUT2D eigenvalue weighted by molar-refractivity contribution is 0.565. The molecule has 0 aliphatic rings. The molecule has 0 amide bonds. The van der Waals surface area contributed by atoms with E-state index in [0.717, 1.165) is 5.69 Å². The van der Waals surface area contributed by atoms with E-state index in [1.807, 2.05) is 60.7 Å². The fourth-order valence-electron chi connectivity index (χ4n) is 1.21. The number of rotatable bonds is 2. The number of hydrogen-bond donors (Lipinski definition) is 0. The Balaban J connectivity index is 2.09. The zero-order valence-corrected chi connectivity index (χ0v) is 9.26. The first-order valence-electron chi connectivity index (χ1n) is 4.87. The van der Waals surface area contributed by atoms with Gasteiger partial charge in [-0.3, -0.25) is 0 Å². The van der Waals surface area contributed by atoms with Crippen molar-refractivity contribution in [2.24, 2.45) is 4.99 Å². The Morgan fingerprint density at radius 2 is 1.44 bits per heavy atom. The molecule has 0 atom stereocenters. The number of para-hydroxylation sites is 2. The van der Waals surface area contributed by atoms with Gasteiger partial charge in [0.2, 0.25) is 0 Å². The van der Waals surface area contributed by atoms with E-state index in [-0.39, 0.29) is 5.36 Å². The van der Waals surface area contributed by atoms with Crippen LogP contribution < -0.4 is 4.74 Å². The van der Waals surface area contributed by atoms with Crippen molar-refractivity contribution in [2.75, 3.05) is 0 Å². The van der Waals surface area contributed by atoms with E-state index in [1.165, 1.54) is 0 Å². The molecular formula is C13H10ClNO. The van der Waals surface area contributed by atoms with Crippen LogP contribution >= 0.6 is 11.6 Å². The van der Waals surface area contributed by atoms with Crippen molar-refractivity contribution in [3.05, 3.63) is 60.7 Å². The molecule has 2 rings (SSSR count). The van der Waals surface area contributed by atoms with Crippen LogP contribution in [0.3, 0.4) is 0 Å². The Morgan fingerprint density at radius 1 is 0.875 bits per heavy atom. The molecule has 0 saturated carbocycles. The molecule has 0 bridgehead atoms. The van der Waals surface area contributed by atoms with Crippen LogP contribution in [0.15, 0.2) is 65.7 Å². The molecule has 0 saturated heterocycles. The van der Waals surface area contributed by atoms with Gasteiger partial charge in [0.25, 0.3) is 5.36 Å². The molecule has 0 heterocycles. The molecule has 0 aliphatic heterocycles. The molecular weight excluding hydrogens is 222 g/mol. The van der Waals surface area contributed by atoms with Gasteiger partial charge in [0, 0.05) is 0 Å². The van der Waals surface area contributed by atoms with Gasteiger partial charge in [-0.15, -0.1) is 0 Å².